The normalized spacial score (nSPS) is 10.9. The number of rotatable bonds is 9. The number of fused-ring (bicyclic) bond motifs is 1. The molecule has 0 unspecified atom stereocenters. The van der Waals surface area contributed by atoms with Gasteiger partial charge in [-0.25, -0.2) is 19.6 Å². The lowest BCUT2D eigenvalue weighted by Gasteiger charge is -2.07. The van der Waals surface area contributed by atoms with Gasteiger partial charge in [0.15, 0.2) is 10.8 Å². The van der Waals surface area contributed by atoms with Crippen molar-refractivity contribution in [3.05, 3.63) is 81.3 Å². The van der Waals surface area contributed by atoms with Crippen molar-refractivity contribution in [2.75, 3.05) is 12.3 Å². The van der Waals surface area contributed by atoms with E-state index in [2.05, 4.69) is 25.4 Å². The molecule has 1 N–H and O–H groups in total. The van der Waals surface area contributed by atoms with Gasteiger partial charge in [-0.15, -0.1) is 0 Å². The smallest absolute Gasteiger partial charge is 0.269 e. The molecule has 0 aliphatic carbocycles. The summed E-state index contributed by atoms with van der Waals surface area (Å²) in [4.78, 5) is 47.7. The maximum atomic E-state index is 12.8. The van der Waals surface area contributed by atoms with Crippen LogP contribution in [0.15, 0.2) is 65.2 Å². The largest absolute Gasteiger partial charge is 0.354 e. The van der Waals surface area contributed by atoms with E-state index in [4.69, 9.17) is 0 Å². The first-order valence-corrected chi connectivity index (χ1v) is 10.8. The van der Waals surface area contributed by atoms with Gasteiger partial charge in [-0.2, -0.15) is 5.10 Å². The average molecular weight is 466 g/mol. The van der Waals surface area contributed by atoms with Crippen LogP contribution in [0.2, 0.25) is 0 Å². The summed E-state index contributed by atoms with van der Waals surface area (Å²) in [7, 11) is 0. The number of amides is 1. The first-order chi connectivity index (χ1) is 16.0. The molecule has 3 heterocycles. The molecular weight excluding hydrogens is 448 g/mol. The van der Waals surface area contributed by atoms with Crippen molar-refractivity contribution < 1.29 is 9.72 Å². The minimum atomic E-state index is -0.481. The number of hydrogen-bond donors (Lipinski definition) is 1. The summed E-state index contributed by atoms with van der Waals surface area (Å²) < 4.78 is 2.92. The van der Waals surface area contributed by atoms with Gasteiger partial charge in [0.25, 0.3) is 11.2 Å². The van der Waals surface area contributed by atoms with Crippen molar-refractivity contribution in [3.8, 4) is 0 Å². The Morgan fingerprint density at radius 2 is 2.00 bits per heavy atom. The minimum Gasteiger partial charge on any atom is -0.354 e. The molecule has 0 fully saturated rings. The van der Waals surface area contributed by atoms with Crippen LogP contribution in [0.5, 0.6) is 0 Å². The monoisotopic (exact) mass is 466 g/mol. The second-order valence-corrected chi connectivity index (χ2v) is 7.82. The second kappa shape index (κ2) is 9.99. The number of thioether (sulfide) groups is 1. The van der Waals surface area contributed by atoms with Gasteiger partial charge >= 0.3 is 0 Å². The van der Waals surface area contributed by atoms with Crippen LogP contribution in [0, 0.1) is 10.1 Å². The summed E-state index contributed by atoms with van der Waals surface area (Å²) in [6, 6.07) is 7.80. The molecular formula is C20H18N8O4S. The van der Waals surface area contributed by atoms with E-state index in [1.54, 1.807) is 35.3 Å². The SMILES string of the molecule is O=C(CSc1ncccn1)NCCn1ncc2c(=O)n(Cc3cccc([N+](=O)[O-])c3)cnc21. The van der Waals surface area contributed by atoms with E-state index in [1.165, 1.54) is 41.0 Å². The molecule has 1 aromatic carbocycles. The molecule has 0 saturated carbocycles. The molecule has 0 bridgehead atoms. The Labute approximate surface area is 190 Å². The fourth-order valence-corrected chi connectivity index (χ4v) is 3.71. The molecule has 4 aromatic rings. The maximum Gasteiger partial charge on any atom is 0.269 e. The quantitative estimate of drug-likeness (QED) is 0.166. The summed E-state index contributed by atoms with van der Waals surface area (Å²) in [5.41, 5.74) is 0.665. The van der Waals surface area contributed by atoms with Gasteiger partial charge in [-0.1, -0.05) is 23.9 Å². The molecule has 13 heteroatoms. The summed E-state index contributed by atoms with van der Waals surface area (Å²) in [5.74, 6) is 0.0148. The zero-order valence-electron chi connectivity index (χ0n) is 17.2. The highest BCUT2D eigenvalue weighted by Crippen LogP contribution is 2.14. The van der Waals surface area contributed by atoms with E-state index in [0.717, 1.165) is 0 Å². The Hall–Kier alpha value is -4.13. The molecule has 0 aliphatic rings. The Bertz CT molecular complexity index is 1360. The number of hydrogen-bond acceptors (Lipinski definition) is 9. The number of nitrogens with one attached hydrogen (secondary N) is 1. The molecule has 0 spiro atoms. The first-order valence-electron chi connectivity index (χ1n) is 9.82. The van der Waals surface area contributed by atoms with Crippen LogP contribution in [0.1, 0.15) is 5.56 Å². The molecule has 0 radical (unpaired) electrons. The number of nitro groups is 1. The summed E-state index contributed by atoms with van der Waals surface area (Å²) in [5, 5.41) is 18.8. The molecule has 0 atom stereocenters. The highest BCUT2D eigenvalue weighted by molar-refractivity contribution is 7.99. The van der Waals surface area contributed by atoms with Crippen molar-refractivity contribution in [2.45, 2.75) is 18.2 Å². The van der Waals surface area contributed by atoms with E-state index in [0.29, 0.717) is 34.8 Å². The van der Waals surface area contributed by atoms with E-state index in [9.17, 15) is 19.7 Å². The van der Waals surface area contributed by atoms with Gasteiger partial charge in [0.1, 0.15) is 11.7 Å². The second-order valence-electron chi connectivity index (χ2n) is 6.88. The highest BCUT2D eigenvalue weighted by atomic mass is 32.2. The molecule has 1 amide bonds. The number of nitro benzene ring substituents is 1. The lowest BCUT2D eigenvalue weighted by Crippen LogP contribution is -2.29. The van der Waals surface area contributed by atoms with E-state index < -0.39 is 4.92 Å². The van der Waals surface area contributed by atoms with Crippen molar-refractivity contribution in [1.82, 2.24) is 34.6 Å². The maximum absolute atomic E-state index is 12.8. The van der Waals surface area contributed by atoms with Crippen LogP contribution >= 0.6 is 11.8 Å². The zero-order chi connectivity index (χ0) is 23.2. The number of carbonyl (C=O) groups is 1. The Morgan fingerprint density at radius 3 is 2.79 bits per heavy atom. The van der Waals surface area contributed by atoms with Crippen molar-refractivity contribution in [2.24, 2.45) is 0 Å². The highest BCUT2D eigenvalue weighted by Gasteiger charge is 2.12. The predicted octanol–water partition coefficient (Wildman–Crippen LogP) is 1.25. The fraction of sp³-hybridized carbons (Fsp3) is 0.200. The Balaban J connectivity index is 1.37. The lowest BCUT2D eigenvalue weighted by molar-refractivity contribution is -0.384. The molecule has 168 valence electrons. The molecule has 0 aliphatic heterocycles. The fourth-order valence-electron chi connectivity index (χ4n) is 3.08. The third-order valence-electron chi connectivity index (χ3n) is 4.62. The van der Waals surface area contributed by atoms with Crippen molar-refractivity contribution in [1.29, 1.82) is 0 Å². The summed E-state index contributed by atoms with van der Waals surface area (Å²) >= 11 is 1.24. The van der Waals surface area contributed by atoms with Gasteiger partial charge in [0.05, 0.1) is 30.0 Å². The van der Waals surface area contributed by atoms with Gasteiger partial charge in [0, 0.05) is 31.1 Å². The molecule has 33 heavy (non-hydrogen) atoms. The Morgan fingerprint density at radius 1 is 1.18 bits per heavy atom. The lowest BCUT2D eigenvalue weighted by atomic mass is 10.2. The molecule has 4 rings (SSSR count). The summed E-state index contributed by atoms with van der Waals surface area (Å²) in [6.45, 7) is 0.792. The van der Waals surface area contributed by atoms with Crippen LogP contribution in [-0.4, -0.2) is 52.4 Å². The number of benzene rings is 1. The minimum absolute atomic E-state index is 0.0425. The van der Waals surface area contributed by atoms with E-state index in [-0.39, 0.29) is 29.5 Å². The van der Waals surface area contributed by atoms with Crippen molar-refractivity contribution >= 4 is 34.4 Å². The van der Waals surface area contributed by atoms with Crippen LogP contribution in [0.4, 0.5) is 5.69 Å². The Kier molecular flexibility index (Phi) is 6.69. The van der Waals surface area contributed by atoms with E-state index >= 15 is 0 Å². The molecule has 0 saturated heterocycles. The average Bonchev–Trinajstić information content (AvgIpc) is 3.24. The zero-order valence-corrected chi connectivity index (χ0v) is 18.0. The third kappa shape index (κ3) is 5.38. The van der Waals surface area contributed by atoms with Gasteiger partial charge in [-0.3, -0.25) is 24.3 Å². The van der Waals surface area contributed by atoms with Crippen LogP contribution in [0.3, 0.4) is 0 Å². The van der Waals surface area contributed by atoms with Crippen LogP contribution < -0.4 is 10.9 Å². The molecule has 12 nitrogen and oxygen atoms in total. The van der Waals surface area contributed by atoms with Crippen molar-refractivity contribution in [3.63, 3.8) is 0 Å². The van der Waals surface area contributed by atoms with Gasteiger partial charge in [-0.05, 0) is 11.6 Å². The topological polar surface area (TPSA) is 151 Å². The number of carbonyl (C=O) groups excluding carboxylic acids is 1. The number of nitrogens with zero attached hydrogens (tertiary/aromatic N) is 7. The molecule has 3 aromatic heterocycles. The number of non-ortho nitro benzene ring substituents is 1. The van der Waals surface area contributed by atoms with Crippen LogP contribution in [-0.2, 0) is 17.9 Å². The van der Waals surface area contributed by atoms with Crippen LogP contribution in [0.25, 0.3) is 11.0 Å². The van der Waals surface area contributed by atoms with Gasteiger partial charge < -0.3 is 5.32 Å². The predicted molar refractivity (Wildman–Crippen MR) is 120 cm³/mol. The first kappa shape index (κ1) is 22.1. The van der Waals surface area contributed by atoms with Gasteiger partial charge in [0.2, 0.25) is 5.91 Å². The number of aromatic nitrogens is 6. The summed E-state index contributed by atoms with van der Waals surface area (Å²) in [6.07, 6.45) is 6.04. The van der Waals surface area contributed by atoms with E-state index in [1.807, 2.05) is 0 Å². The third-order valence-corrected chi connectivity index (χ3v) is 5.49. The standard InChI is InChI=1S/C20H18N8O4S/c29-17(12-33-20-22-5-2-6-23-20)21-7-8-27-18-16(10-25-27)19(30)26(13-24-18)11-14-3-1-4-15(9-14)28(31)32/h1-6,9-10,13H,7-8,11-12H2,(H,21,29).